The molecule has 0 radical (unpaired) electrons. The van der Waals surface area contributed by atoms with E-state index in [-0.39, 0.29) is 42.1 Å². The first-order valence-corrected chi connectivity index (χ1v) is 6.59. The zero-order valence-electron chi connectivity index (χ0n) is 10.2. The molecular formula is C13H18N2O3. The van der Waals surface area contributed by atoms with Crippen molar-refractivity contribution in [3.05, 3.63) is 12.2 Å². The molecule has 2 bridgehead atoms. The molecular weight excluding hydrogens is 232 g/mol. The third kappa shape index (κ3) is 1.61. The summed E-state index contributed by atoms with van der Waals surface area (Å²) < 4.78 is 0. The van der Waals surface area contributed by atoms with Crippen LogP contribution >= 0.6 is 0 Å². The molecule has 0 spiro atoms. The first-order valence-electron chi connectivity index (χ1n) is 6.59. The lowest BCUT2D eigenvalue weighted by Gasteiger charge is -2.17. The van der Waals surface area contributed by atoms with E-state index in [4.69, 9.17) is 5.11 Å². The molecule has 1 saturated heterocycles. The highest BCUT2D eigenvalue weighted by molar-refractivity contribution is 6.06. The van der Waals surface area contributed by atoms with Gasteiger partial charge < -0.3 is 10.4 Å². The number of nitrogens with one attached hydrogen (secondary N) is 1. The van der Waals surface area contributed by atoms with Gasteiger partial charge >= 0.3 is 0 Å². The molecule has 0 aromatic rings. The Bertz CT molecular complexity index is 377. The molecule has 1 saturated carbocycles. The Labute approximate surface area is 106 Å². The Hall–Kier alpha value is -1.20. The van der Waals surface area contributed by atoms with Gasteiger partial charge in [0.1, 0.15) is 0 Å². The van der Waals surface area contributed by atoms with Crippen molar-refractivity contribution in [3.8, 4) is 0 Å². The van der Waals surface area contributed by atoms with Gasteiger partial charge in [0, 0.05) is 19.6 Å². The molecule has 18 heavy (non-hydrogen) atoms. The van der Waals surface area contributed by atoms with Crippen LogP contribution in [0.3, 0.4) is 0 Å². The van der Waals surface area contributed by atoms with Crippen LogP contribution in [0, 0.1) is 23.7 Å². The lowest BCUT2D eigenvalue weighted by Crippen LogP contribution is -2.38. The predicted octanol–water partition coefficient (Wildman–Crippen LogP) is -0.625. The van der Waals surface area contributed by atoms with Gasteiger partial charge in [0.15, 0.2) is 0 Å². The van der Waals surface area contributed by atoms with Gasteiger partial charge in [0.2, 0.25) is 11.8 Å². The second-order valence-corrected chi connectivity index (χ2v) is 5.30. The summed E-state index contributed by atoms with van der Waals surface area (Å²) in [5.41, 5.74) is 0. The molecule has 0 aromatic heterocycles. The van der Waals surface area contributed by atoms with Gasteiger partial charge in [-0.25, -0.2) is 0 Å². The Kier molecular flexibility index (Phi) is 2.95. The molecule has 2 aliphatic carbocycles. The van der Waals surface area contributed by atoms with Gasteiger partial charge in [-0.15, -0.1) is 0 Å². The molecule has 1 heterocycles. The largest absolute Gasteiger partial charge is 0.395 e. The third-order valence-electron chi connectivity index (χ3n) is 4.36. The quantitative estimate of drug-likeness (QED) is 0.387. The molecule has 0 unspecified atom stereocenters. The SMILES string of the molecule is O=C1[C@H]2[C@H](C(=O)N1CCNCCO)[C@@H]1C=C[C@@H]2C1. The fraction of sp³-hybridized carbons (Fsp3) is 0.692. The highest BCUT2D eigenvalue weighted by Gasteiger charge is 2.58. The maximum absolute atomic E-state index is 12.2. The average molecular weight is 250 g/mol. The number of rotatable bonds is 5. The van der Waals surface area contributed by atoms with Crippen LogP contribution in [0.25, 0.3) is 0 Å². The number of likely N-dealkylation sites (tertiary alicyclic amines) is 1. The molecule has 3 rings (SSSR count). The summed E-state index contributed by atoms with van der Waals surface area (Å²) in [7, 11) is 0. The zero-order chi connectivity index (χ0) is 12.7. The van der Waals surface area contributed by atoms with Crippen LogP contribution in [0.5, 0.6) is 0 Å². The van der Waals surface area contributed by atoms with Crippen LogP contribution in [0.2, 0.25) is 0 Å². The Morgan fingerprint density at radius 3 is 2.33 bits per heavy atom. The van der Waals surface area contributed by atoms with Crippen molar-refractivity contribution in [2.75, 3.05) is 26.2 Å². The van der Waals surface area contributed by atoms with E-state index in [0.717, 1.165) is 6.42 Å². The molecule has 5 nitrogen and oxygen atoms in total. The Balaban J connectivity index is 1.65. The van der Waals surface area contributed by atoms with E-state index >= 15 is 0 Å². The number of allylic oxidation sites excluding steroid dienone is 2. The fourth-order valence-electron chi connectivity index (χ4n) is 3.58. The molecule has 2 N–H and O–H groups in total. The number of hydrogen-bond acceptors (Lipinski definition) is 4. The second-order valence-electron chi connectivity index (χ2n) is 5.30. The number of nitrogens with zero attached hydrogens (tertiary/aromatic N) is 1. The van der Waals surface area contributed by atoms with E-state index in [2.05, 4.69) is 17.5 Å². The minimum absolute atomic E-state index is 0.00708. The number of imide groups is 1. The van der Waals surface area contributed by atoms with Gasteiger partial charge in [-0.3, -0.25) is 14.5 Å². The average Bonchev–Trinajstić information content (AvgIpc) is 3.02. The van der Waals surface area contributed by atoms with Gasteiger partial charge in [-0.1, -0.05) is 12.2 Å². The summed E-state index contributed by atoms with van der Waals surface area (Å²) in [5.74, 6) is 0.398. The van der Waals surface area contributed by atoms with E-state index in [1.165, 1.54) is 4.90 Å². The van der Waals surface area contributed by atoms with Crippen molar-refractivity contribution < 1.29 is 14.7 Å². The van der Waals surface area contributed by atoms with Gasteiger partial charge in [0.25, 0.3) is 0 Å². The molecule has 4 atom stereocenters. The minimum Gasteiger partial charge on any atom is -0.395 e. The van der Waals surface area contributed by atoms with Gasteiger partial charge in [-0.05, 0) is 18.3 Å². The van der Waals surface area contributed by atoms with Crippen molar-refractivity contribution in [3.63, 3.8) is 0 Å². The number of carbonyl (C=O) groups excluding carboxylic acids is 2. The predicted molar refractivity (Wildman–Crippen MR) is 64.4 cm³/mol. The van der Waals surface area contributed by atoms with Crippen molar-refractivity contribution >= 4 is 11.8 Å². The Morgan fingerprint density at radius 2 is 1.78 bits per heavy atom. The molecule has 2 fully saturated rings. The number of carbonyl (C=O) groups is 2. The molecule has 3 aliphatic rings. The van der Waals surface area contributed by atoms with Crippen molar-refractivity contribution in [2.45, 2.75) is 6.42 Å². The van der Waals surface area contributed by atoms with E-state index in [0.29, 0.717) is 19.6 Å². The third-order valence-corrected chi connectivity index (χ3v) is 4.36. The smallest absolute Gasteiger partial charge is 0.233 e. The lowest BCUT2D eigenvalue weighted by atomic mass is 9.85. The zero-order valence-corrected chi connectivity index (χ0v) is 10.2. The van der Waals surface area contributed by atoms with E-state index < -0.39 is 0 Å². The van der Waals surface area contributed by atoms with E-state index in [1.807, 2.05) is 0 Å². The standard InChI is InChI=1S/C13H18N2O3/c16-6-4-14-3-5-15-12(17)10-8-1-2-9(7-8)11(10)13(15)18/h1-2,8-11,14,16H,3-7H2/t8-,9-,10-,11-/m1/s1. The fourth-order valence-corrected chi connectivity index (χ4v) is 3.58. The van der Waals surface area contributed by atoms with Crippen molar-refractivity contribution in [1.82, 2.24) is 10.2 Å². The maximum Gasteiger partial charge on any atom is 0.233 e. The summed E-state index contributed by atoms with van der Waals surface area (Å²) in [4.78, 5) is 25.9. The molecule has 5 heteroatoms. The van der Waals surface area contributed by atoms with E-state index in [1.54, 1.807) is 0 Å². The summed E-state index contributed by atoms with van der Waals surface area (Å²) in [6.45, 7) is 1.54. The summed E-state index contributed by atoms with van der Waals surface area (Å²) >= 11 is 0. The second kappa shape index (κ2) is 4.48. The van der Waals surface area contributed by atoms with Crippen molar-refractivity contribution in [1.29, 1.82) is 0 Å². The normalized spacial score (nSPS) is 36.8. The minimum atomic E-state index is -0.0923. The molecule has 1 aliphatic heterocycles. The van der Waals surface area contributed by atoms with Crippen LogP contribution in [-0.4, -0.2) is 48.1 Å². The molecule has 2 amide bonds. The van der Waals surface area contributed by atoms with Crippen LogP contribution in [0.15, 0.2) is 12.2 Å². The highest BCUT2D eigenvalue weighted by atomic mass is 16.3. The molecule has 98 valence electrons. The number of amides is 2. The first kappa shape index (κ1) is 11.9. The Morgan fingerprint density at radius 1 is 1.17 bits per heavy atom. The van der Waals surface area contributed by atoms with Crippen molar-refractivity contribution in [2.24, 2.45) is 23.7 Å². The van der Waals surface area contributed by atoms with Gasteiger partial charge in [-0.2, -0.15) is 0 Å². The topological polar surface area (TPSA) is 69.6 Å². The summed E-state index contributed by atoms with van der Waals surface area (Å²) in [6.07, 6.45) is 5.18. The van der Waals surface area contributed by atoms with E-state index in [9.17, 15) is 9.59 Å². The molecule has 0 aromatic carbocycles. The first-order chi connectivity index (χ1) is 8.74. The summed E-state index contributed by atoms with van der Waals surface area (Å²) in [6, 6.07) is 0. The summed E-state index contributed by atoms with van der Waals surface area (Å²) in [5, 5.41) is 11.6. The number of aliphatic hydroxyl groups is 1. The number of hydrogen-bond donors (Lipinski definition) is 2. The number of aliphatic hydroxyl groups excluding tert-OH is 1. The number of fused-ring (bicyclic) bond motifs is 5. The highest BCUT2D eigenvalue weighted by Crippen LogP contribution is 2.52. The van der Waals surface area contributed by atoms with Crippen LogP contribution in [0.4, 0.5) is 0 Å². The maximum atomic E-state index is 12.2. The van der Waals surface area contributed by atoms with Crippen LogP contribution in [-0.2, 0) is 9.59 Å². The lowest BCUT2D eigenvalue weighted by molar-refractivity contribution is -0.140. The van der Waals surface area contributed by atoms with Crippen LogP contribution in [0.1, 0.15) is 6.42 Å². The monoisotopic (exact) mass is 250 g/mol. The van der Waals surface area contributed by atoms with Crippen LogP contribution < -0.4 is 5.32 Å². The van der Waals surface area contributed by atoms with Gasteiger partial charge in [0.05, 0.1) is 18.4 Å².